The van der Waals surface area contributed by atoms with E-state index in [1.165, 1.54) is 25.5 Å². The summed E-state index contributed by atoms with van der Waals surface area (Å²) in [6.45, 7) is 2.25. The molecule has 0 aliphatic carbocycles. The molecule has 1 aliphatic rings. The minimum Gasteiger partial charge on any atom is -0.469 e. The Bertz CT molecular complexity index is 461. The van der Waals surface area contributed by atoms with E-state index in [4.69, 9.17) is 9.84 Å². The largest absolute Gasteiger partial charge is 0.469 e. The van der Waals surface area contributed by atoms with Gasteiger partial charge >= 0.3 is 5.97 Å². The van der Waals surface area contributed by atoms with Gasteiger partial charge in [-0.15, -0.1) is 0 Å². The van der Waals surface area contributed by atoms with Crippen LogP contribution in [0.3, 0.4) is 0 Å². The van der Waals surface area contributed by atoms with Crippen LogP contribution in [-0.4, -0.2) is 42.3 Å². The van der Waals surface area contributed by atoms with Crippen LogP contribution in [-0.2, 0) is 22.5 Å². The van der Waals surface area contributed by atoms with E-state index < -0.39 is 0 Å². The van der Waals surface area contributed by atoms with Gasteiger partial charge in [-0.25, -0.2) is 0 Å². The summed E-state index contributed by atoms with van der Waals surface area (Å²) in [5, 5.41) is 9.00. The number of methoxy groups -OCH3 is 1. The molecule has 2 rings (SSSR count). The second-order valence-corrected chi connectivity index (χ2v) is 5.65. The number of benzene rings is 1. The van der Waals surface area contributed by atoms with Gasteiger partial charge in [-0.3, -0.25) is 9.69 Å². The van der Waals surface area contributed by atoms with Crippen LogP contribution in [0.2, 0.25) is 0 Å². The summed E-state index contributed by atoms with van der Waals surface area (Å²) in [6.07, 6.45) is 4.68. The average molecular weight is 291 g/mol. The zero-order valence-electron chi connectivity index (χ0n) is 12.8. The molecule has 1 fully saturated rings. The number of ether oxygens (including phenoxy) is 1. The topological polar surface area (TPSA) is 49.8 Å². The first-order valence-electron chi connectivity index (χ1n) is 7.73. The molecule has 116 valence electrons. The molecule has 1 unspecified atom stereocenters. The quantitative estimate of drug-likeness (QED) is 0.782. The summed E-state index contributed by atoms with van der Waals surface area (Å²) in [7, 11) is 1.43. The number of esters is 1. The summed E-state index contributed by atoms with van der Waals surface area (Å²) < 4.78 is 4.77. The Kier molecular flexibility index (Phi) is 6.21. The van der Waals surface area contributed by atoms with Crippen molar-refractivity contribution in [2.45, 2.75) is 44.7 Å². The maximum Gasteiger partial charge on any atom is 0.309 e. The Morgan fingerprint density at radius 2 is 2.14 bits per heavy atom. The van der Waals surface area contributed by atoms with Crippen LogP contribution < -0.4 is 0 Å². The minimum atomic E-state index is -0.194. The molecule has 0 spiro atoms. The number of aliphatic hydroxyl groups is 1. The highest BCUT2D eigenvalue weighted by atomic mass is 16.5. The van der Waals surface area contributed by atoms with Crippen LogP contribution in [0.15, 0.2) is 24.3 Å². The van der Waals surface area contributed by atoms with E-state index >= 15 is 0 Å². The summed E-state index contributed by atoms with van der Waals surface area (Å²) in [6, 6.07) is 8.65. The van der Waals surface area contributed by atoms with E-state index in [9.17, 15) is 4.79 Å². The lowest BCUT2D eigenvalue weighted by Gasteiger charge is -2.25. The van der Waals surface area contributed by atoms with Crippen LogP contribution in [0.5, 0.6) is 0 Å². The summed E-state index contributed by atoms with van der Waals surface area (Å²) in [5.74, 6) is -0.194. The SMILES string of the molecule is COC(=O)Cc1ccccc1CN1CCCC1CCCO. The number of hydrogen-bond acceptors (Lipinski definition) is 4. The Labute approximate surface area is 126 Å². The highest BCUT2D eigenvalue weighted by Crippen LogP contribution is 2.24. The van der Waals surface area contributed by atoms with Crippen molar-refractivity contribution in [1.29, 1.82) is 0 Å². The van der Waals surface area contributed by atoms with E-state index in [2.05, 4.69) is 11.0 Å². The first-order valence-corrected chi connectivity index (χ1v) is 7.73. The standard InChI is InChI=1S/C17H25NO3/c1-21-17(20)12-14-6-2-3-7-15(14)13-18-10-4-8-16(18)9-5-11-19/h2-3,6-7,16,19H,4-5,8-13H2,1H3. The van der Waals surface area contributed by atoms with Crippen molar-refractivity contribution in [3.63, 3.8) is 0 Å². The molecule has 21 heavy (non-hydrogen) atoms. The molecule has 1 aromatic carbocycles. The zero-order valence-corrected chi connectivity index (χ0v) is 12.8. The fourth-order valence-corrected chi connectivity index (χ4v) is 3.09. The molecule has 0 aromatic heterocycles. The van der Waals surface area contributed by atoms with E-state index in [0.717, 1.165) is 31.5 Å². The van der Waals surface area contributed by atoms with Gasteiger partial charge < -0.3 is 9.84 Å². The van der Waals surface area contributed by atoms with Gasteiger partial charge in [-0.05, 0) is 43.4 Å². The van der Waals surface area contributed by atoms with Gasteiger partial charge in [0.15, 0.2) is 0 Å². The molecular weight excluding hydrogens is 266 g/mol. The molecular formula is C17H25NO3. The maximum absolute atomic E-state index is 11.5. The third-order valence-electron chi connectivity index (χ3n) is 4.25. The fourth-order valence-electron chi connectivity index (χ4n) is 3.09. The number of likely N-dealkylation sites (tertiary alicyclic amines) is 1. The number of rotatable bonds is 7. The molecule has 1 N–H and O–H groups in total. The van der Waals surface area contributed by atoms with Crippen molar-refractivity contribution in [3.05, 3.63) is 35.4 Å². The summed E-state index contributed by atoms with van der Waals surface area (Å²) >= 11 is 0. The van der Waals surface area contributed by atoms with Gasteiger partial charge in [0.2, 0.25) is 0 Å². The van der Waals surface area contributed by atoms with Gasteiger partial charge in [0, 0.05) is 19.2 Å². The highest BCUT2D eigenvalue weighted by Gasteiger charge is 2.24. The molecule has 1 saturated heterocycles. The highest BCUT2D eigenvalue weighted by molar-refractivity contribution is 5.72. The van der Waals surface area contributed by atoms with Crippen LogP contribution >= 0.6 is 0 Å². The Hall–Kier alpha value is -1.39. The fraction of sp³-hybridized carbons (Fsp3) is 0.588. The lowest BCUT2D eigenvalue weighted by molar-refractivity contribution is -0.139. The monoisotopic (exact) mass is 291 g/mol. The Morgan fingerprint density at radius 1 is 1.38 bits per heavy atom. The van der Waals surface area contributed by atoms with Crippen molar-refractivity contribution in [2.24, 2.45) is 0 Å². The zero-order chi connectivity index (χ0) is 15.1. The Balaban J connectivity index is 2.03. The summed E-state index contributed by atoms with van der Waals surface area (Å²) in [5.41, 5.74) is 2.26. The third-order valence-corrected chi connectivity index (χ3v) is 4.25. The smallest absolute Gasteiger partial charge is 0.309 e. The van der Waals surface area contributed by atoms with Crippen LogP contribution in [0.1, 0.15) is 36.8 Å². The molecule has 4 nitrogen and oxygen atoms in total. The predicted molar refractivity (Wildman–Crippen MR) is 81.9 cm³/mol. The lowest BCUT2D eigenvalue weighted by Crippen LogP contribution is -2.29. The van der Waals surface area contributed by atoms with E-state index in [-0.39, 0.29) is 12.6 Å². The number of nitrogens with zero attached hydrogens (tertiary/aromatic N) is 1. The Morgan fingerprint density at radius 3 is 2.86 bits per heavy atom. The minimum absolute atomic E-state index is 0.194. The number of aliphatic hydroxyl groups excluding tert-OH is 1. The first kappa shape index (κ1) is 16.0. The molecule has 0 saturated carbocycles. The molecule has 1 aliphatic heterocycles. The second kappa shape index (κ2) is 8.15. The van der Waals surface area contributed by atoms with E-state index in [0.29, 0.717) is 12.5 Å². The molecule has 0 radical (unpaired) electrons. The first-order chi connectivity index (χ1) is 10.2. The van der Waals surface area contributed by atoms with Crippen LogP contribution in [0.4, 0.5) is 0 Å². The lowest BCUT2D eigenvalue weighted by atomic mass is 10.0. The van der Waals surface area contributed by atoms with Crippen LogP contribution in [0.25, 0.3) is 0 Å². The van der Waals surface area contributed by atoms with Crippen molar-refractivity contribution in [1.82, 2.24) is 4.90 Å². The van der Waals surface area contributed by atoms with Gasteiger partial charge in [0.25, 0.3) is 0 Å². The third kappa shape index (κ3) is 4.55. The molecule has 4 heteroatoms. The molecule has 0 amide bonds. The van der Waals surface area contributed by atoms with Gasteiger partial charge in [-0.1, -0.05) is 24.3 Å². The molecule has 1 aromatic rings. The normalized spacial score (nSPS) is 18.9. The van der Waals surface area contributed by atoms with Gasteiger partial charge in [0.05, 0.1) is 13.5 Å². The van der Waals surface area contributed by atoms with Gasteiger partial charge in [0.1, 0.15) is 0 Å². The molecule has 1 atom stereocenters. The second-order valence-electron chi connectivity index (χ2n) is 5.65. The number of carbonyl (C=O) groups is 1. The van der Waals surface area contributed by atoms with Crippen molar-refractivity contribution in [2.75, 3.05) is 20.3 Å². The van der Waals surface area contributed by atoms with Crippen molar-refractivity contribution < 1.29 is 14.6 Å². The maximum atomic E-state index is 11.5. The van der Waals surface area contributed by atoms with E-state index in [1.54, 1.807) is 0 Å². The molecule has 0 bridgehead atoms. The number of hydrogen-bond donors (Lipinski definition) is 1. The van der Waals surface area contributed by atoms with Crippen molar-refractivity contribution in [3.8, 4) is 0 Å². The summed E-state index contributed by atoms with van der Waals surface area (Å²) in [4.78, 5) is 14.0. The van der Waals surface area contributed by atoms with Crippen molar-refractivity contribution >= 4 is 5.97 Å². The average Bonchev–Trinajstić information content (AvgIpc) is 2.94. The van der Waals surface area contributed by atoms with E-state index in [1.807, 2.05) is 18.2 Å². The molecule has 1 heterocycles. The van der Waals surface area contributed by atoms with Crippen LogP contribution in [0, 0.1) is 0 Å². The van der Waals surface area contributed by atoms with Gasteiger partial charge in [-0.2, -0.15) is 0 Å². The number of carbonyl (C=O) groups excluding carboxylic acids is 1. The predicted octanol–water partition coefficient (Wildman–Crippen LogP) is 2.14.